The summed E-state index contributed by atoms with van der Waals surface area (Å²) < 4.78 is 5.45. The SMILES string of the molecule is COc1cc(C)c(Cl)cc1CCCCN1CCNCC1. The van der Waals surface area contributed by atoms with Gasteiger partial charge in [0.05, 0.1) is 7.11 Å². The molecule has 0 bridgehead atoms. The zero-order valence-electron chi connectivity index (χ0n) is 12.5. The standard InChI is InChI=1S/C16H25ClN2O/c1-13-11-16(20-2)14(12-15(13)17)5-3-4-8-19-9-6-18-7-10-19/h11-12,18H,3-10H2,1-2H3. The number of benzene rings is 1. The van der Waals surface area contributed by atoms with Crippen molar-refractivity contribution in [1.29, 1.82) is 0 Å². The van der Waals surface area contributed by atoms with Gasteiger partial charge >= 0.3 is 0 Å². The summed E-state index contributed by atoms with van der Waals surface area (Å²) in [6.07, 6.45) is 3.45. The summed E-state index contributed by atoms with van der Waals surface area (Å²) in [5, 5.41) is 4.22. The monoisotopic (exact) mass is 296 g/mol. The largest absolute Gasteiger partial charge is 0.496 e. The molecule has 0 aliphatic carbocycles. The Balaban J connectivity index is 1.79. The lowest BCUT2D eigenvalue weighted by molar-refractivity contribution is 0.237. The second-order valence-electron chi connectivity index (χ2n) is 5.46. The maximum absolute atomic E-state index is 6.21. The molecule has 1 N–H and O–H groups in total. The fourth-order valence-corrected chi connectivity index (χ4v) is 2.85. The number of nitrogens with zero attached hydrogens (tertiary/aromatic N) is 1. The number of rotatable bonds is 6. The molecule has 0 saturated carbocycles. The third-order valence-corrected chi connectivity index (χ3v) is 4.35. The quantitative estimate of drug-likeness (QED) is 0.817. The predicted octanol–water partition coefficient (Wildman–Crippen LogP) is 2.88. The molecule has 0 amide bonds. The van der Waals surface area contributed by atoms with Gasteiger partial charge in [0, 0.05) is 31.2 Å². The highest BCUT2D eigenvalue weighted by molar-refractivity contribution is 6.31. The molecule has 0 aromatic heterocycles. The van der Waals surface area contributed by atoms with Crippen LogP contribution in [0.3, 0.4) is 0 Å². The lowest BCUT2D eigenvalue weighted by Crippen LogP contribution is -2.43. The van der Waals surface area contributed by atoms with Gasteiger partial charge in [0.2, 0.25) is 0 Å². The van der Waals surface area contributed by atoms with Crippen LogP contribution in [0.1, 0.15) is 24.0 Å². The molecule has 1 saturated heterocycles. The first-order chi connectivity index (χ1) is 9.70. The van der Waals surface area contributed by atoms with Gasteiger partial charge in [-0.2, -0.15) is 0 Å². The third kappa shape index (κ3) is 4.37. The van der Waals surface area contributed by atoms with Crippen LogP contribution in [0.25, 0.3) is 0 Å². The molecule has 3 nitrogen and oxygen atoms in total. The van der Waals surface area contributed by atoms with Gasteiger partial charge in [-0.05, 0) is 56.0 Å². The van der Waals surface area contributed by atoms with Crippen molar-refractivity contribution >= 4 is 11.6 Å². The van der Waals surface area contributed by atoms with Crippen LogP contribution in [0, 0.1) is 6.92 Å². The molecule has 112 valence electrons. The van der Waals surface area contributed by atoms with Crippen LogP contribution in [-0.4, -0.2) is 44.7 Å². The van der Waals surface area contributed by atoms with E-state index in [0.29, 0.717) is 0 Å². The van der Waals surface area contributed by atoms with Crippen molar-refractivity contribution in [1.82, 2.24) is 10.2 Å². The minimum Gasteiger partial charge on any atom is -0.496 e. The van der Waals surface area contributed by atoms with E-state index in [1.807, 2.05) is 13.0 Å². The molecule has 1 heterocycles. The summed E-state index contributed by atoms with van der Waals surface area (Å²) in [6.45, 7) is 7.82. The van der Waals surface area contributed by atoms with Crippen LogP contribution in [-0.2, 0) is 6.42 Å². The maximum Gasteiger partial charge on any atom is 0.122 e. The number of aryl methyl sites for hydroxylation is 2. The number of unbranched alkanes of at least 4 members (excludes halogenated alkanes) is 1. The van der Waals surface area contributed by atoms with Crippen molar-refractivity contribution in [2.24, 2.45) is 0 Å². The Morgan fingerprint density at radius 1 is 1.25 bits per heavy atom. The summed E-state index contributed by atoms with van der Waals surface area (Å²) >= 11 is 6.21. The number of hydrogen-bond donors (Lipinski definition) is 1. The van der Waals surface area contributed by atoms with Crippen LogP contribution in [0.15, 0.2) is 12.1 Å². The fourth-order valence-electron chi connectivity index (χ4n) is 2.67. The molecule has 1 fully saturated rings. The van der Waals surface area contributed by atoms with Gasteiger partial charge in [0.25, 0.3) is 0 Å². The Labute approximate surface area is 127 Å². The smallest absolute Gasteiger partial charge is 0.122 e. The Morgan fingerprint density at radius 2 is 2.00 bits per heavy atom. The molecule has 1 aromatic carbocycles. The molecule has 2 rings (SSSR count). The van der Waals surface area contributed by atoms with Crippen LogP contribution in [0.2, 0.25) is 5.02 Å². The van der Waals surface area contributed by atoms with E-state index in [1.165, 1.54) is 38.0 Å². The average molecular weight is 297 g/mol. The molecule has 0 atom stereocenters. The normalized spacial score (nSPS) is 16.4. The maximum atomic E-state index is 6.21. The van der Waals surface area contributed by atoms with E-state index in [9.17, 15) is 0 Å². The molecule has 0 unspecified atom stereocenters. The molecule has 4 heteroatoms. The van der Waals surface area contributed by atoms with Gasteiger partial charge in [0.1, 0.15) is 5.75 Å². The second-order valence-corrected chi connectivity index (χ2v) is 5.87. The van der Waals surface area contributed by atoms with E-state index < -0.39 is 0 Å². The first-order valence-electron chi connectivity index (χ1n) is 7.47. The number of hydrogen-bond acceptors (Lipinski definition) is 3. The highest BCUT2D eigenvalue weighted by atomic mass is 35.5. The van der Waals surface area contributed by atoms with Crippen LogP contribution in [0.4, 0.5) is 0 Å². The highest BCUT2D eigenvalue weighted by Gasteiger charge is 2.10. The minimum atomic E-state index is 0.836. The van der Waals surface area contributed by atoms with Crippen molar-refractivity contribution < 1.29 is 4.74 Å². The van der Waals surface area contributed by atoms with Gasteiger partial charge < -0.3 is 15.0 Å². The van der Waals surface area contributed by atoms with Crippen molar-refractivity contribution in [2.45, 2.75) is 26.2 Å². The summed E-state index contributed by atoms with van der Waals surface area (Å²) in [7, 11) is 1.73. The zero-order valence-corrected chi connectivity index (χ0v) is 13.3. The van der Waals surface area contributed by atoms with E-state index in [2.05, 4.69) is 16.3 Å². The van der Waals surface area contributed by atoms with Crippen molar-refractivity contribution in [3.63, 3.8) is 0 Å². The molecule has 0 radical (unpaired) electrons. The van der Waals surface area contributed by atoms with Gasteiger partial charge in [-0.3, -0.25) is 0 Å². The van der Waals surface area contributed by atoms with Crippen molar-refractivity contribution in [3.05, 3.63) is 28.3 Å². The van der Waals surface area contributed by atoms with Gasteiger partial charge in [0.15, 0.2) is 0 Å². The molecular weight excluding hydrogens is 272 g/mol. The molecule has 1 aliphatic heterocycles. The second kappa shape index (κ2) is 7.87. The number of nitrogens with one attached hydrogen (secondary N) is 1. The Kier molecular flexibility index (Phi) is 6.14. The van der Waals surface area contributed by atoms with E-state index in [0.717, 1.165) is 35.8 Å². The van der Waals surface area contributed by atoms with Crippen LogP contribution in [0.5, 0.6) is 5.75 Å². The topological polar surface area (TPSA) is 24.5 Å². The van der Waals surface area contributed by atoms with Crippen LogP contribution < -0.4 is 10.1 Å². The lowest BCUT2D eigenvalue weighted by Gasteiger charge is -2.27. The Bertz CT molecular complexity index is 431. The van der Waals surface area contributed by atoms with Crippen molar-refractivity contribution in [2.75, 3.05) is 39.8 Å². The van der Waals surface area contributed by atoms with Crippen molar-refractivity contribution in [3.8, 4) is 5.75 Å². The van der Waals surface area contributed by atoms with Gasteiger partial charge in [-0.25, -0.2) is 0 Å². The first kappa shape index (κ1) is 15.6. The third-order valence-electron chi connectivity index (χ3n) is 3.94. The lowest BCUT2D eigenvalue weighted by atomic mass is 10.0. The first-order valence-corrected chi connectivity index (χ1v) is 7.84. The number of methoxy groups -OCH3 is 1. The fraction of sp³-hybridized carbons (Fsp3) is 0.625. The minimum absolute atomic E-state index is 0.836. The van der Waals surface area contributed by atoms with Gasteiger partial charge in [-0.1, -0.05) is 11.6 Å². The molecular formula is C16H25ClN2O. The van der Waals surface area contributed by atoms with E-state index in [1.54, 1.807) is 7.11 Å². The average Bonchev–Trinajstić information content (AvgIpc) is 2.48. The Hall–Kier alpha value is -0.770. The summed E-state index contributed by atoms with van der Waals surface area (Å²) in [4.78, 5) is 2.54. The van der Waals surface area contributed by atoms with E-state index >= 15 is 0 Å². The molecule has 20 heavy (non-hydrogen) atoms. The number of halogens is 1. The zero-order chi connectivity index (χ0) is 14.4. The van der Waals surface area contributed by atoms with E-state index in [-0.39, 0.29) is 0 Å². The molecule has 0 spiro atoms. The molecule has 1 aliphatic rings. The summed E-state index contributed by atoms with van der Waals surface area (Å²) in [5.41, 5.74) is 2.30. The summed E-state index contributed by atoms with van der Waals surface area (Å²) in [5.74, 6) is 0.967. The Morgan fingerprint density at radius 3 is 2.70 bits per heavy atom. The number of ether oxygens (including phenoxy) is 1. The number of piperazine rings is 1. The van der Waals surface area contributed by atoms with Gasteiger partial charge in [-0.15, -0.1) is 0 Å². The predicted molar refractivity (Wildman–Crippen MR) is 85.0 cm³/mol. The van der Waals surface area contributed by atoms with Crippen LogP contribution >= 0.6 is 11.6 Å². The summed E-state index contributed by atoms with van der Waals surface area (Å²) in [6, 6.07) is 4.09. The van der Waals surface area contributed by atoms with E-state index in [4.69, 9.17) is 16.3 Å². The highest BCUT2D eigenvalue weighted by Crippen LogP contribution is 2.27. The molecule has 1 aromatic rings.